The average molecular weight is 237 g/mol. The molecule has 0 amide bonds. The third-order valence-corrected chi connectivity index (χ3v) is 2.45. The fourth-order valence-corrected chi connectivity index (χ4v) is 1.59. The molecule has 1 aromatic heterocycles. The van der Waals surface area contributed by atoms with Crippen molar-refractivity contribution in [2.75, 3.05) is 0 Å². The summed E-state index contributed by atoms with van der Waals surface area (Å²) in [6, 6.07) is 5.89. The van der Waals surface area contributed by atoms with E-state index in [4.69, 9.17) is 0 Å². The predicted molar refractivity (Wildman–Crippen MR) is 57.4 cm³/mol. The minimum Gasteiger partial charge on any atom is -0.328 e. The van der Waals surface area contributed by atoms with Crippen molar-refractivity contribution in [1.29, 1.82) is 0 Å². The van der Waals surface area contributed by atoms with Crippen molar-refractivity contribution in [3.63, 3.8) is 0 Å². The summed E-state index contributed by atoms with van der Waals surface area (Å²) in [7, 11) is 0. The lowest BCUT2D eigenvalue weighted by atomic mass is 10.0. The van der Waals surface area contributed by atoms with Gasteiger partial charge < -0.3 is 4.52 Å². The van der Waals surface area contributed by atoms with Crippen molar-refractivity contribution >= 4 is 0 Å². The van der Waals surface area contributed by atoms with Crippen molar-refractivity contribution in [2.24, 2.45) is 0 Å². The highest BCUT2D eigenvalue weighted by molar-refractivity contribution is 5.54. The minimum absolute atomic E-state index is 0.00979. The Balaban J connectivity index is 2.24. The van der Waals surface area contributed by atoms with Crippen molar-refractivity contribution < 1.29 is 13.3 Å². The number of benzene rings is 1. The summed E-state index contributed by atoms with van der Waals surface area (Å²) in [5, 5.41) is 3.59. The quantitative estimate of drug-likeness (QED) is 0.817. The number of rotatable bonds is 4. The van der Waals surface area contributed by atoms with E-state index in [1.165, 1.54) is 12.1 Å². The predicted octanol–water partition coefficient (Wildman–Crippen LogP) is 3.43. The van der Waals surface area contributed by atoms with E-state index in [9.17, 15) is 8.78 Å². The number of nitrogens with zero attached hydrogens (tertiary/aromatic N) is 2. The molecule has 0 aliphatic heterocycles. The van der Waals surface area contributed by atoms with Gasteiger partial charge in [-0.2, -0.15) is 4.98 Å². The van der Waals surface area contributed by atoms with E-state index in [0.717, 1.165) is 0 Å². The van der Waals surface area contributed by atoms with Gasteiger partial charge in [-0.1, -0.05) is 42.8 Å². The maximum Gasteiger partial charge on any atom is 0.316 e. The summed E-state index contributed by atoms with van der Waals surface area (Å²) in [6.45, 7) is 1.73. The Kier molecular flexibility index (Phi) is 3.17. The molecule has 1 radical (unpaired) electrons. The van der Waals surface area contributed by atoms with Gasteiger partial charge in [-0.25, -0.2) is 8.78 Å². The number of hydrogen-bond acceptors (Lipinski definition) is 3. The molecule has 2 aromatic rings. The van der Waals surface area contributed by atoms with Gasteiger partial charge in [-0.3, -0.25) is 0 Å². The SMILES string of the molecule is CCCC(F)(F)c1ccc(-c2n[c]on2)cc1. The maximum absolute atomic E-state index is 13.6. The lowest BCUT2D eigenvalue weighted by Crippen LogP contribution is -2.12. The summed E-state index contributed by atoms with van der Waals surface area (Å²) in [5.41, 5.74) is 0.640. The molecule has 0 bridgehead atoms. The molecule has 0 aliphatic rings. The summed E-state index contributed by atoms with van der Waals surface area (Å²) in [6.07, 6.45) is 2.50. The Hall–Kier alpha value is -1.78. The zero-order chi connectivity index (χ0) is 12.3. The van der Waals surface area contributed by atoms with Gasteiger partial charge in [0.25, 0.3) is 5.92 Å². The van der Waals surface area contributed by atoms with Crippen LogP contribution in [0.25, 0.3) is 11.4 Å². The van der Waals surface area contributed by atoms with E-state index in [1.54, 1.807) is 19.1 Å². The highest BCUT2D eigenvalue weighted by Crippen LogP contribution is 2.33. The second-order valence-corrected chi connectivity index (χ2v) is 3.74. The Morgan fingerprint density at radius 2 is 2.00 bits per heavy atom. The molecule has 0 spiro atoms. The molecular formula is C12H11F2N2O. The fraction of sp³-hybridized carbons (Fsp3) is 0.333. The fourth-order valence-electron chi connectivity index (χ4n) is 1.59. The second-order valence-electron chi connectivity index (χ2n) is 3.74. The normalized spacial score (nSPS) is 11.7. The van der Waals surface area contributed by atoms with E-state index in [2.05, 4.69) is 21.1 Å². The van der Waals surface area contributed by atoms with Crippen molar-refractivity contribution in [1.82, 2.24) is 10.1 Å². The third kappa shape index (κ3) is 2.49. The lowest BCUT2D eigenvalue weighted by Gasteiger charge is -2.15. The molecule has 0 fully saturated rings. The molecule has 5 heteroatoms. The van der Waals surface area contributed by atoms with Crippen LogP contribution in [0.1, 0.15) is 25.3 Å². The molecule has 17 heavy (non-hydrogen) atoms. The highest BCUT2D eigenvalue weighted by Gasteiger charge is 2.29. The van der Waals surface area contributed by atoms with Crippen LogP contribution >= 0.6 is 0 Å². The molecule has 0 aliphatic carbocycles. The van der Waals surface area contributed by atoms with E-state index < -0.39 is 5.92 Å². The molecule has 0 saturated carbocycles. The van der Waals surface area contributed by atoms with Gasteiger partial charge in [-0.15, -0.1) is 0 Å². The first-order valence-electron chi connectivity index (χ1n) is 5.32. The Morgan fingerprint density at radius 1 is 1.29 bits per heavy atom. The highest BCUT2D eigenvalue weighted by atomic mass is 19.3. The minimum atomic E-state index is -2.78. The van der Waals surface area contributed by atoms with Crippen molar-refractivity contribution in [3.05, 3.63) is 36.2 Å². The molecule has 1 heterocycles. The topological polar surface area (TPSA) is 38.9 Å². The van der Waals surface area contributed by atoms with Crippen LogP contribution in [0, 0.1) is 6.39 Å². The first kappa shape index (κ1) is 11.7. The van der Waals surface area contributed by atoms with E-state index in [-0.39, 0.29) is 12.0 Å². The van der Waals surface area contributed by atoms with Crippen molar-refractivity contribution in [2.45, 2.75) is 25.7 Å². The average Bonchev–Trinajstić information content (AvgIpc) is 2.82. The summed E-state index contributed by atoms with van der Waals surface area (Å²) in [4.78, 5) is 3.72. The molecule has 0 atom stereocenters. The van der Waals surface area contributed by atoms with E-state index in [1.807, 2.05) is 0 Å². The van der Waals surface area contributed by atoms with Gasteiger partial charge in [0.05, 0.1) is 0 Å². The Labute approximate surface area is 97.5 Å². The molecule has 0 unspecified atom stereocenters. The zero-order valence-corrected chi connectivity index (χ0v) is 9.28. The molecule has 89 valence electrons. The van der Waals surface area contributed by atoms with E-state index in [0.29, 0.717) is 17.8 Å². The number of hydrogen-bond donors (Lipinski definition) is 0. The largest absolute Gasteiger partial charge is 0.328 e. The monoisotopic (exact) mass is 237 g/mol. The second kappa shape index (κ2) is 4.61. The van der Waals surface area contributed by atoms with E-state index >= 15 is 0 Å². The van der Waals surface area contributed by atoms with Crippen molar-refractivity contribution in [3.8, 4) is 11.4 Å². The standard InChI is InChI=1S/C12H11F2N2O/c1-2-7-12(13,14)10-5-3-9(4-6-10)11-15-8-17-16-11/h3-6H,2,7H2,1H3. The summed E-state index contributed by atoms with van der Waals surface area (Å²) >= 11 is 0. The van der Waals surface area contributed by atoms with Gasteiger partial charge >= 0.3 is 6.39 Å². The Bertz CT molecular complexity index is 466. The maximum atomic E-state index is 13.6. The molecule has 0 saturated heterocycles. The van der Waals surface area contributed by atoms with Crippen LogP contribution in [0.2, 0.25) is 0 Å². The zero-order valence-electron chi connectivity index (χ0n) is 9.28. The van der Waals surface area contributed by atoms with Gasteiger partial charge in [0.15, 0.2) is 0 Å². The lowest BCUT2D eigenvalue weighted by molar-refractivity contribution is -0.0140. The number of aromatic nitrogens is 2. The van der Waals surface area contributed by atoms with Crippen LogP contribution in [0.3, 0.4) is 0 Å². The van der Waals surface area contributed by atoms with Gasteiger partial charge in [-0.05, 0) is 0 Å². The molecule has 3 nitrogen and oxygen atoms in total. The number of halogens is 2. The molecule has 2 rings (SSSR count). The van der Waals surface area contributed by atoms with Gasteiger partial charge in [0.1, 0.15) is 0 Å². The summed E-state index contributed by atoms with van der Waals surface area (Å²) < 4.78 is 31.6. The Morgan fingerprint density at radius 3 is 2.53 bits per heavy atom. The van der Waals surface area contributed by atoms with Crippen LogP contribution in [0.4, 0.5) is 8.78 Å². The molecule has 0 N–H and O–H groups in total. The smallest absolute Gasteiger partial charge is 0.316 e. The number of alkyl halides is 2. The van der Waals surface area contributed by atoms with Crippen LogP contribution in [-0.4, -0.2) is 10.1 Å². The van der Waals surface area contributed by atoms with Crippen LogP contribution in [0.5, 0.6) is 0 Å². The summed E-state index contributed by atoms with van der Waals surface area (Å²) in [5.74, 6) is -2.44. The van der Waals surface area contributed by atoms with Gasteiger partial charge in [0, 0.05) is 17.5 Å². The third-order valence-electron chi connectivity index (χ3n) is 2.45. The van der Waals surface area contributed by atoms with Crippen LogP contribution in [-0.2, 0) is 5.92 Å². The van der Waals surface area contributed by atoms with Crippen LogP contribution in [0.15, 0.2) is 28.8 Å². The first-order valence-corrected chi connectivity index (χ1v) is 5.32. The van der Waals surface area contributed by atoms with Crippen LogP contribution < -0.4 is 0 Å². The van der Waals surface area contributed by atoms with Gasteiger partial charge in [0.2, 0.25) is 5.82 Å². The first-order chi connectivity index (χ1) is 8.13. The molecule has 1 aromatic carbocycles. The molecular weight excluding hydrogens is 226 g/mol.